The number of thiophene rings is 1. The lowest BCUT2D eigenvalue weighted by molar-refractivity contribution is -0.122. The van der Waals surface area contributed by atoms with Crippen LogP contribution >= 0.6 is 22.9 Å². The highest BCUT2D eigenvalue weighted by Gasteiger charge is 2.28. The molecule has 0 saturated heterocycles. The summed E-state index contributed by atoms with van der Waals surface area (Å²) in [5.74, 6) is 0.654. The first-order valence-corrected chi connectivity index (χ1v) is 12.0. The summed E-state index contributed by atoms with van der Waals surface area (Å²) in [6.07, 6.45) is 3.07. The molecule has 33 heavy (non-hydrogen) atoms. The Morgan fingerprint density at radius 1 is 1.03 bits per heavy atom. The third kappa shape index (κ3) is 5.49. The molecule has 0 unspecified atom stereocenters. The van der Waals surface area contributed by atoms with Gasteiger partial charge in [-0.05, 0) is 80.6 Å². The van der Waals surface area contributed by atoms with E-state index in [1.165, 1.54) is 11.3 Å². The minimum atomic E-state index is -0.764. The van der Waals surface area contributed by atoms with Crippen LogP contribution in [0.1, 0.15) is 40.6 Å². The zero-order valence-corrected chi connectivity index (χ0v) is 20.0. The summed E-state index contributed by atoms with van der Waals surface area (Å²) in [5.41, 5.74) is 2.22. The number of carbonyl (C=O) groups excluding carboxylic acids is 2. The van der Waals surface area contributed by atoms with E-state index in [9.17, 15) is 9.59 Å². The van der Waals surface area contributed by atoms with Crippen molar-refractivity contribution in [2.24, 2.45) is 0 Å². The van der Waals surface area contributed by atoms with Crippen molar-refractivity contribution < 1.29 is 19.1 Å². The van der Waals surface area contributed by atoms with Gasteiger partial charge in [0, 0.05) is 15.6 Å². The van der Waals surface area contributed by atoms with Gasteiger partial charge in [-0.25, -0.2) is 0 Å². The van der Waals surface area contributed by atoms with Crippen molar-refractivity contribution in [1.82, 2.24) is 0 Å². The molecule has 1 aromatic heterocycles. The number of amides is 2. The molecule has 1 aliphatic rings. The van der Waals surface area contributed by atoms with Gasteiger partial charge in [0.1, 0.15) is 16.5 Å². The van der Waals surface area contributed by atoms with E-state index in [1.807, 2.05) is 0 Å². The summed E-state index contributed by atoms with van der Waals surface area (Å²) in [7, 11) is 1.59. The number of hydrogen-bond donors (Lipinski definition) is 2. The zero-order valence-electron chi connectivity index (χ0n) is 18.4. The molecule has 2 amide bonds. The lowest BCUT2D eigenvalue weighted by Gasteiger charge is -2.16. The summed E-state index contributed by atoms with van der Waals surface area (Å²) in [6, 6.07) is 14.0. The van der Waals surface area contributed by atoms with Gasteiger partial charge in [0.05, 0.1) is 12.7 Å². The Morgan fingerprint density at radius 3 is 2.52 bits per heavy atom. The lowest BCUT2D eigenvalue weighted by atomic mass is 9.95. The van der Waals surface area contributed by atoms with Crippen LogP contribution < -0.4 is 20.1 Å². The maximum absolute atomic E-state index is 13.3. The molecule has 0 saturated carbocycles. The van der Waals surface area contributed by atoms with Crippen molar-refractivity contribution in [2.75, 3.05) is 17.7 Å². The summed E-state index contributed by atoms with van der Waals surface area (Å²) < 4.78 is 10.9. The van der Waals surface area contributed by atoms with Crippen molar-refractivity contribution >= 4 is 45.4 Å². The first-order chi connectivity index (χ1) is 15.9. The Kier molecular flexibility index (Phi) is 7.20. The predicted molar refractivity (Wildman–Crippen MR) is 132 cm³/mol. The molecule has 6 nitrogen and oxygen atoms in total. The Labute approximate surface area is 201 Å². The number of fused-ring (bicyclic) bond motifs is 1. The highest BCUT2D eigenvalue weighted by Crippen LogP contribution is 2.38. The van der Waals surface area contributed by atoms with E-state index in [-0.39, 0.29) is 11.8 Å². The Bertz CT molecular complexity index is 1160. The molecular formula is C25H25ClN2O4S. The fourth-order valence-electron chi connectivity index (χ4n) is 3.77. The molecule has 0 radical (unpaired) electrons. The third-order valence-corrected chi connectivity index (χ3v) is 6.90. The number of nitrogens with one attached hydrogen (secondary N) is 2. The number of benzene rings is 2. The molecule has 3 aromatic rings. The van der Waals surface area contributed by atoms with Gasteiger partial charge in [-0.3, -0.25) is 9.59 Å². The largest absolute Gasteiger partial charge is 0.497 e. The van der Waals surface area contributed by atoms with Crippen molar-refractivity contribution in [2.45, 2.75) is 38.7 Å². The highest BCUT2D eigenvalue weighted by atomic mass is 35.5. The summed E-state index contributed by atoms with van der Waals surface area (Å²) in [6.45, 7) is 1.67. The topological polar surface area (TPSA) is 76.7 Å². The second-order valence-electron chi connectivity index (χ2n) is 7.80. The number of anilines is 2. The molecule has 2 aromatic carbocycles. The maximum Gasteiger partial charge on any atom is 0.265 e. The summed E-state index contributed by atoms with van der Waals surface area (Å²) >= 11 is 7.48. The van der Waals surface area contributed by atoms with Crippen molar-refractivity contribution in [3.05, 3.63) is 69.6 Å². The number of aryl methyl sites for hydroxylation is 1. The smallest absolute Gasteiger partial charge is 0.265 e. The van der Waals surface area contributed by atoms with Crippen molar-refractivity contribution in [1.29, 1.82) is 0 Å². The van der Waals surface area contributed by atoms with Crippen LogP contribution in [0.15, 0.2) is 48.5 Å². The third-order valence-electron chi connectivity index (χ3n) is 5.46. The van der Waals surface area contributed by atoms with Crippen molar-refractivity contribution in [3.8, 4) is 11.5 Å². The Hall–Kier alpha value is -3.03. The average Bonchev–Trinajstić information content (AvgIpc) is 3.17. The Morgan fingerprint density at radius 2 is 1.79 bits per heavy atom. The number of methoxy groups -OCH3 is 1. The first kappa shape index (κ1) is 23.1. The molecule has 1 atom stereocenters. The standard InChI is InChI=1S/C25H25ClN2O4S/c1-15(32-19-7-5-6-16(26)14-19)23(29)28-25-22(20-8-3-4-9-21(20)33-25)24(30)27-17-10-12-18(31-2)13-11-17/h5-7,10-15H,3-4,8-9H2,1-2H3,(H,27,30)(H,28,29)/t15-/m1/s1. The second-order valence-corrected chi connectivity index (χ2v) is 9.35. The fraction of sp³-hybridized carbons (Fsp3) is 0.280. The number of ether oxygens (including phenoxy) is 2. The summed E-state index contributed by atoms with van der Waals surface area (Å²) in [5, 5.41) is 6.96. The van der Waals surface area contributed by atoms with Gasteiger partial charge < -0.3 is 20.1 Å². The molecule has 1 heterocycles. The van der Waals surface area contributed by atoms with Gasteiger partial charge in [-0.2, -0.15) is 0 Å². The van der Waals surface area contributed by atoms with Gasteiger partial charge in [-0.15, -0.1) is 11.3 Å². The number of carbonyl (C=O) groups is 2. The van der Waals surface area contributed by atoms with Crippen LogP contribution in [0.4, 0.5) is 10.7 Å². The quantitative estimate of drug-likeness (QED) is 0.434. The molecule has 0 bridgehead atoms. The van der Waals surface area contributed by atoms with Crippen LogP contribution in [0.2, 0.25) is 5.02 Å². The van der Waals surface area contributed by atoms with E-state index in [0.29, 0.717) is 32.8 Å². The van der Waals surface area contributed by atoms with Gasteiger partial charge >= 0.3 is 0 Å². The molecule has 1 aliphatic carbocycles. The number of hydrogen-bond acceptors (Lipinski definition) is 5. The molecule has 0 spiro atoms. The Balaban J connectivity index is 1.54. The van der Waals surface area contributed by atoms with E-state index in [1.54, 1.807) is 62.6 Å². The SMILES string of the molecule is COc1ccc(NC(=O)c2c(NC(=O)[C@@H](C)Oc3cccc(Cl)c3)sc3c2CCCC3)cc1. The highest BCUT2D eigenvalue weighted by molar-refractivity contribution is 7.17. The molecule has 0 aliphatic heterocycles. The van der Waals surface area contributed by atoms with E-state index < -0.39 is 6.10 Å². The van der Waals surface area contributed by atoms with Crippen LogP contribution in [0.5, 0.6) is 11.5 Å². The zero-order chi connectivity index (χ0) is 23.4. The van der Waals surface area contributed by atoms with Crippen molar-refractivity contribution in [3.63, 3.8) is 0 Å². The minimum absolute atomic E-state index is 0.238. The summed E-state index contributed by atoms with van der Waals surface area (Å²) in [4.78, 5) is 27.3. The van der Waals surface area contributed by atoms with Crippen LogP contribution in [-0.2, 0) is 17.6 Å². The first-order valence-electron chi connectivity index (χ1n) is 10.8. The molecule has 4 rings (SSSR count). The van der Waals surface area contributed by atoms with Gasteiger partial charge in [0.2, 0.25) is 0 Å². The molecule has 172 valence electrons. The average molecular weight is 485 g/mol. The van der Waals surface area contributed by atoms with E-state index in [4.69, 9.17) is 21.1 Å². The van der Waals surface area contributed by atoms with E-state index >= 15 is 0 Å². The lowest BCUT2D eigenvalue weighted by Crippen LogP contribution is -2.30. The maximum atomic E-state index is 13.3. The number of halogens is 1. The van der Waals surface area contributed by atoms with Crippen LogP contribution in [0.3, 0.4) is 0 Å². The monoisotopic (exact) mass is 484 g/mol. The number of rotatable bonds is 7. The molecule has 8 heteroatoms. The van der Waals surface area contributed by atoms with Gasteiger partial charge in [0.15, 0.2) is 6.10 Å². The normalized spacial score (nSPS) is 13.5. The molecule has 0 fully saturated rings. The van der Waals surface area contributed by atoms with Crippen LogP contribution in [-0.4, -0.2) is 25.0 Å². The predicted octanol–water partition coefficient (Wildman–Crippen LogP) is 5.95. The minimum Gasteiger partial charge on any atom is -0.497 e. The van der Waals surface area contributed by atoms with E-state index in [2.05, 4.69) is 10.6 Å². The molecular weight excluding hydrogens is 460 g/mol. The second kappa shape index (κ2) is 10.3. The van der Waals surface area contributed by atoms with Gasteiger partial charge in [0.25, 0.3) is 11.8 Å². The van der Waals surface area contributed by atoms with Crippen LogP contribution in [0.25, 0.3) is 0 Å². The fourth-order valence-corrected chi connectivity index (χ4v) is 5.24. The van der Waals surface area contributed by atoms with E-state index in [0.717, 1.165) is 36.1 Å². The van der Waals surface area contributed by atoms with Gasteiger partial charge in [-0.1, -0.05) is 17.7 Å². The van der Waals surface area contributed by atoms with Crippen LogP contribution in [0, 0.1) is 0 Å². The molecule has 2 N–H and O–H groups in total.